The normalized spacial score (nSPS) is 16.1. The number of carbonyl (C=O) groups is 1. The van der Waals surface area contributed by atoms with Gasteiger partial charge in [-0.05, 0) is 84.3 Å². The van der Waals surface area contributed by atoms with E-state index in [4.69, 9.17) is 0 Å². The van der Waals surface area contributed by atoms with Crippen molar-refractivity contribution >= 4 is 17.7 Å². The molecule has 1 aromatic carbocycles. The molecule has 0 saturated heterocycles. The van der Waals surface area contributed by atoms with Crippen LogP contribution in [0.15, 0.2) is 41.1 Å². The van der Waals surface area contributed by atoms with E-state index < -0.39 is 0 Å². The predicted molar refractivity (Wildman–Crippen MR) is 123 cm³/mol. The average molecular weight is 446 g/mol. The molecule has 31 heavy (non-hydrogen) atoms. The lowest BCUT2D eigenvalue weighted by Crippen LogP contribution is -2.32. The molecule has 168 valence electrons. The number of halogens is 1. The van der Waals surface area contributed by atoms with E-state index in [1.54, 1.807) is 12.1 Å². The van der Waals surface area contributed by atoms with Crippen molar-refractivity contribution in [2.24, 2.45) is 0 Å². The van der Waals surface area contributed by atoms with Crippen LogP contribution in [0.2, 0.25) is 0 Å². The molecule has 0 fully saturated rings. The van der Waals surface area contributed by atoms with E-state index in [1.807, 2.05) is 37.4 Å². The largest absolute Gasteiger partial charge is 0.355 e. The Kier molecular flexibility index (Phi) is 8.26. The van der Waals surface area contributed by atoms with Crippen molar-refractivity contribution in [1.29, 1.82) is 0 Å². The van der Waals surface area contributed by atoms with Gasteiger partial charge in [-0.3, -0.25) is 14.3 Å². The summed E-state index contributed by atoms with van der Waals surface area (Å²) < 4.78 is 15.4. The fourth-order valence-electron chi connectivity index (χ4n) is 3.53. The minimum Gasteiger partial charge on any atom is -0.355 e. The molecule has 1 aliphatic carbocycles. The Bertz CT molecular complexity index is 909. The van der Waals surface area contributed by atoms with Gasteiger partial charge in [0.15, 0.2) is 11.0 Å². The van der Waals surface area contributed by atoms with E-state index in [1.165, 1.54) is 42.3 Å². The van der Waals surface area contributed by atoms with Crippen molar-refractivity contribution in [1.82, 2.24) is 25.0 Å². The van der Waals surface area contributed by atoms with Gasteiger partial charge in [-0.1, -0.05) is 23.4 Å². The van der Waals surface area contributed by atoms with Crippen molar-refractivity contribution in [3.8, 4) is 5.69 Å². The molecule has 1 amide bonds. The van der Waals surface area contributed by atoms with Gasteiger partial charge in [-0.25, -0.2) is 4.39 Å². The number of carbonyl (C=O) groups excluding carboxylic acids is 1. The Morgan fingerprint density at radius 1 is 1.23 bits per heavy atom. The summed E-state index contributed by atoms with van der Waals surface area (Å²) in [5.41, 5.74) is 2.22. The van der Waals surface area contributed by atoms with E-state index in [9.17, 15) is 9.18 Å². The van der Waals surface area contributed by atoms with Crippen LogP contribution in [-0.4, -0.2) is 51.5 Å². The summed E-state index contributed by atoms with van der Waals surface area (Å²) in [6, 6.07) is 6.25. The molecule has 8 heteroatoms. The molecule has 2 atom stereocenters. The molecule has 0 spiro atoms. The fourth-order valence-corrected chi connectivity index (χ4v) is 4.42. The number of nitrogens with zero attached hydrogens (tertiary/aromatic N) is 4. The van der Waals surface area contributed by atoms with Crippen molar-refractivity contribution < 1.29 is 9.18 Å². The zero-order valence-corrected chi connectivity index (χ0v) is 19.6. The maximum atomic E-state index is 13.5. The summed E-state index contributed by atoms with van der Waals surface area (Å²) in [7, 11) is 3.94. The third kappa shape index (κ3) is 6.17. The van der Waals surface area contributed by atoms with Crippen LogP contribution in [0, 0.1) is 5.82 Å². The van der Waals surface area contributed by atoms with Gasteiger partial charge in [-0.15, -0.1) is 10.2 Å². The maximum absolute atomic E-state index is 13.5. The summed E-state index contributed by atoms with van der Waals surface area (Å²) in [4.78, 5) is 14.7. The Balaban J connectivity index is 1.71. The van der Waals surface area contributed by atoms with Crippen LogP contribution in [-0.2, 0) is 4.79 Å². The van der Waals surface area contributed by atoms with Gasteiger partial charge in [0.05, 0.1) is 11.3 Å². The van der Waals surface area contributed by atoms with Gasteiger partial charge in [0.2, 0.25) is 5.91 Å². The first-order valence-corrected chi connectivity index (χ1v) is 11.7. The van der Waals surface area contributed by atoms with Crippen molar-refractivity contribution in [2.45, 2.75) is 62.4 Å². The number of hydrogen-bond acceptors (Lipinski definition) is 5. The smallest absolute Gasteiger partial charge is 0.233 e. The van der Waals surface area contributed by atoms with E-state index >= 15 is 0 Å². The van der Waals surface area contributed by atoms with Gasteiger partial charge in [0, 0.05) is 12.2 Å². The Labute approximate surface area is 188 Å². The minimum absolute atomic E-state index is 0.000182. The highest BCUT2D eigenvalue weighted by Crippen LogP contribution is 2.29. The first-order chi connectivity index (χ1) is 14.9. The molecule has 1 aromatic heterocycles. The molecular formula is C23H32FN5OS. The van der Waals surface area contributed by atoms with Crippen molar-refractivity contribution in [3.63, 3.8) is 0 Å². The lowest BCUT2D eigenvalue weighted by molar-refractivity contribution is -0.120. The summed E-state index contributed by atoms with van der Waals surface area (Å²) >= 11 is 1.36. The van der Waals surface area contributed by atoms with E-state index in [2.05, 4.69) is 21.6 Å². The molecule has 0 radical (unpaired) electrons. The molecule has 6 nitrogen and oxygen atoms in total. The highest BCUT2D eigenvalue weighted by atomic mass is 32.2. The first kappa shape index (κ1) is 23.5. The predicted octanol–water partition coefficient (Wildman–Crippen LogP) is 4.52. The minimum atomic E-state index is -0.328. The van der Waals surface area contributed by atoms with E-state index in [-0.39, 0.29) is 23.0 Å². The van der Waals surface area contributed by atoms with Crippen molar-refractivity contribution in [2.75, 3.05) is 20.6 Å². The fraction of sp³-hybridized carbons (Fsp3) is 0.522. The van der Waals surface area contributed by atoms with Crippen LogP contribution >= 0.6 is 11.8 Å². The summed E-state index contributed by atoms with van der Waals surface area (Å²) in [6.45, 7) is 4.57. The number of thioether (sulfide) groups is 1. The zero-order valence-electron chi connectivity index (χ0n) is 18.8. The van der Waals surface area contributed by atoms with Gasteiger partial charge in [0.1, 0.15) is 5.82 Å². The Morgan fingerprint density at radius 3 is 2.61 bits per heavy atom. The van der Waals surface area contributed by atoms with Crippen LogP contribution in [0.5, 0.6) is 0 Å². The van der Waals surface area contributed by atoms with Gasteiger partial charge < -0.3 is 5.32 Å². The number of allylic oxidation sites excluding steroid dienone is 1. The Hall–Kier alpha value is -2.19. The topological polar surface area (TPSA) is 63.1 Å². The van der Waals surface area contributed by atoms with Crippen LogP contribution in [0.3, 0.4) is 0 Å². The monoisotopic (exact) mass is 445 g/mol. The second kappa shape index (κ2) is 10.9. The number of rotatable bonds is 9. The molecule has 1 heterocycles. The van der Waals surface area contributed by atoms with Crippen LogP contribution < -0.4 is 5.32 Å². The van der Waals surface area contributed by atoms with Crippen LogP contribution in [0.25, 0.3) is 5.69 Å². The third-order valence-corrected chi connectivity index (χ3v) is 6.72. The second-order valence-electron chi connectivity index (χ2n) is 8.20. The standard InChI is InChI=1S/C23H32FN5OS/c1-16(28(3)4)21-26-27-23(29(21)20-12-10-19(24)11-13-20)31-17(2)22(30)25-15-14-18-8-6-5-7-9-18/h8,10-13,16-17H,5-7,9,14-15H2,1-4H3,(H,25,30)/t16-,17-/m1/s1. The highest BCUT2D eigenvalue weighted by Gasteiger charge is 2.24. The van der Waals surface area contributed by atoms with Crippen molar-refractivity contribution in [3.05, 3.63) is 47.6 Å². The molecule has 0 unspecified atom stereocenters. The molecular weight excluding hydrogens is 413 g/mol. The molecule has 0 saturated carbocycles. The van der Waals surface area contributed by atoms with Crippen LogP contribution in [0.1, 0.15) is 57.8 Å². The lowest BCUT2D eigenvalue weighted by atomic mass is 9.97. The molecule has 3 rings (SSSR count). The first-order valence-electron chi connectivity index (χ1n) is 10.9. The van der Waals surface area contributed by atoms with E-state index in [0.29, 0.717) is 11.7 Å². The number of aromatic nitrogens is 3. The molecule has 2 aromatic rings. The van der Waals surface area contributed by atoms with Gasteiger partial charge in [0.25, 0.3) is 0 Å². The quantitative estimate of drug-likeness (QED) is 0.454. The number of hydrogen-bond donors (Lipinski definition) is 1. The van der Waals surface area contributed by atoms with Crippen LogP contribution in [0.4, 0.5) is 4.39 Å². The lowest BCUT2D eigenvalue weighted by Gasteiger charge is -2.21. The second-order valence-corrected chi connectivity index (χ2v) is 9.51. The summed E-state index contributed by atoms with van der Waals surface area (Å²) in [5, 5.41) is 12.1. The van der Waals surface area contributed by atoms with Gasteiger partial charge in [-0.2, -0.15) is 0 Å². The number of nitrogens with one attached hydrogen (secondary N) is 1. The zero-order chi connectivity index (χ0) is 22.4. The van der Waals surface area contributed by atoms with Gasteiger partial charge >= 0.3 is 0 Å². The summed E-state index contributed by atoms with van der Waals surface area (Å²) in [5.74, 6) is 0.433. The Morgan fingerprint density at radius 2 is 1.97 bits per heavy atom. The number of amides is 1. The SMILES string of the molecule is C[C@H](c1nnc(S[C@H](C)C(=O)NCCC2=CCCCC2)n1-c1ccc(F)cc1)N(C)C. The summed E-state index contributed by atoms with van der Waals surface area (Å²) in [6.07, 6.45) is 8.05. The molecule has 0 bridgehead atoms. The average Bonchev–Trinajstić information content (AvgIpc) is 3.17. The molecule has 1 N–H and O–H groups in total. The molecule has 0 aliphatic heterocycles. The molecule has 1 aliphatic rings. The highest BCUT2D eigenvalue weighted by molar-refractivity contribution is 8.00. The number of benzene rings is 1. The van der Waals surface area contributed by atoms with E-state index in [0.717, 1.165) is 30.8 Å². The maximum Gasteiger partial charge on any atom is 0.233 e. The third-order valence-electron chi connectivity index (χ3n) is 5.67.